The van der Waals surface area contributed by atoms with Gasteiger partial charge in [-0.15, -0.1) is 0 Å². The van der Waals surface area contributed by atoms with E-state index in [4.69, 9.17) is 15.2 Å². The minimum atomic E-state index is -3.80. The summed E-state index contributed by atoms with van der Waals surface area (Å²) in [6, 6.07) is 10.1. The Kier molecular flexibility index (Phi) is 6.42. The number of sulfonamides is 1. The molecule has 0 spiro atoms. The van der Waals surface area contributed by atoms with E-state index in [0.29, 0.717) is 35.9 Å². The van der Waals surface area contributed by atoms with Crippen molar-refractivity contribution in [3.8, 4) is 5.75 Å². The highest BCUT2D eigenvalue weighted by Gasteiger charge is 2.16. The van der Waals surface area contributed by atoms with Gasteiger partial charge in [-0.3, -0.25) is 4.72 Å². The lowest BCUT2D eigenvalue weighted by molar-refractivity contribution is 0.146. The highest BCUT2D eigenvalue weighted by molar-refractivity contribution is 7.92. The van der Waals surface area contributed by atoms with Crippen molar-refractivity contribution in [1.82, 2.24) is 0 Å². The van der Waals surface area contributed by atoms with Crippen molar-refractivity contribution in [2.75, 3.05) is 30.4 Å². The maximum Gasteiger partial charge on any atom is 0.316 e. The van der Waals surface area contributed by atoms with Gasteiger partial charge < -0.3 is 20.5 Å². The standard InChI is InChI=1S/C17H21N3O5S/c1-12-10-15(6-7-16(12)25-9-8-24-2)26(22,23)20-14-5-3-4-13(11-14)19-17(18)21/h3-7,10-11,20H,8-9H2,1-2H3,(H3,18,19,21). The second kappa shape index (κ2) is 8.54. The molecule has 26 heavy (non-hydrogen) atoms. The van der Waals surface area contributed by atoms with Gasteiger partial charge in [0, 0.05) is 12.8 Å². The minimum absolute atomic E-state index is 0.0994. The summed E-state index contributed by atoms with van der Waals surface area (Å²) in [4.78, 5) is 11.0. The van der Waals surface area contributed by atoms with E-state index in [0.717, 1.165) is 0 Å². The Morgan fingerprint density at radius 2 is 1.85 bits per heavy atom. The smallest absolute Gasteiger partial charge is 0.316 e. The molecule has 8 nitrogen and oxygen atoms in total. The van der Waals surface area contributed by atoms with Gasteiger partial charge in [-0.05, 0) is 48.9 Å². The van der Waals surface area contributed by atoms with Crippen molar-refractivity contribution >= 4 is 27.4 Å². The maximum absolute atomic E-state index is 12.6. The fourth-order valence-electron chi connectivity index (χ4n) is 2.20. The summed E-state index contributed by atoms with van der Waals surface area (Å²) in [6.07, 6.45) is 0. The van der Waals surface area contributed by atoms with Crippen LogP contribution in [0.5, 0.6) is 5.75 Å². The average Bonchev–Trinajstić information content (AvgIpc) is 2.55. The van der Waals surface area contributed by atoms with Crippen molar-refractivity contribution < 1.29 is 22.7 Å². The Hall–Kier alpha value is -2.78. The summed E-state index contributed by atoms with van der Waals surface area (Å²) in [6.45, 7) is 2.58. The molecule has 2 aromatic carbocycles. The molecule has 0 atom stereocenters. The zero-order valence-electron chi connectivity index (χ0n) is 14.5. The number of amides is 2. The van der Waals surface area contributed by atoms with Gasteiger partial charge in [-0.25, -0.2) is 13.2 Å². The third-order valence-electron chi connectivity index (χ3n) is 3.38. The maximum atomic E-state index is 12.6. The number of anilines is 2. The number of benzene rings is 2. The average molecular weight is 379 g/mol. The fourth-order valence-corrected chi connectivity index (χ4v) is 3.34. The van der Waals surface area contributed by atoms with Crippen LogP contribution in [0.3, 0.4) is 0 Å². The van der Waals surface area contributed by atoms with Crippen molar-refractivity contribution in [3.05, 3.63) is 48.0 Å². The number of nitrogens with one attached hydrogen (secondary N) is 2. The molecule has 2 rings (SSSR count). The van der Waals surface area contributed by atoms with Crippen molar-refractivity contribution in [2.45, 2.75) is 11.8 Å². The number of primary amides is 1. The number of ether oxygens (including phenoxy) is 2. The van der Waals surface area contributed by atoms with Gasteiger partial charge in [0.05, 0.1) is 17.2 Å². The highest BCUT2D eigenvalue weighted by atomic mass is 32.2. The number of carbonyl (C=O) groups is 1. The SMILES string of the molecule is COCCOc1ccc(S(=O)(=O)Nc2cccc(NC(N)=O)c2)cc1C. The van der Waals surface area contributed by atoms with Crippen molar-refractivity contribution in [3.63, 3.8) is 0 Å². The third kappa shape index (κ3) is 5.36. The minimum Gasteiger partial charge on any atom is -0.491 e. The Morgan fingerprint density at radius 3 is 2.50 bits per heavy atom. The number of methoxy groups -OCH3 is 1. The van der Waals surface area contributed by atoms with Gasteiger partial charge in [0.15, 0.2) is 0 Å². The first-order valence-electron chi connectivity index (χ1n) is 7.73. The van der Waals surface area contributed by atoms with E-state index in [1.807, 2.05) is 0 Å². The monoisotopic (exact) mass is 379 g/mol. The van der Waals surface area contributed by atoms with Crippen LogP contribution in [0.15, 0.2) is 47.4 Å². The molecule has 9 heteroatoms. The molecule has 0 aromatic heterocycles. The lowest BCUT2D eigenvalue weighted by atomic mass is 10.2. The zero-order chi connectivity index (χ0) is 19.2. The Labute approximate surface area is 152 Å². The normalized spacial score (nSPS) is 11.0. The molecule has 0 aliphatic carbocycles. The Bertz CT molecular complexity index is 884. The van der Waals surface area contributed by atoms with Crippen LogP contribution in [-0.2, 0) is 14.8 Å². The van der Waals surface area contributed by atoms with E-state index < -0.39 is 16.1 Å². The van der Waals surface area contributed by atoms with Crippen LogP contribution < -0.4 is 20.5 Å². The number of hydrogen-bond acceptors (Lipinski definition) is 5. The number of urea groups is 1. The van der Waals surface area contributed by atoms with Crippen molar-refractivity contribution in [2.24, 2.45) is 5.73 Å². The molecular weight excluding hydrogens is 358 g/mol. The first-order chi connectivity index (χ1) is 12.3. The number of nitrogens with two attached hydrogens (primary N) is 1. The molecular formula is C17H21N3O5S. The van der Waals surface area contributed by atoms with Crippen LogP contribution in [0.2, 0.25) is 0 Å². The second-order valence-corrected chi connectivity index (χ2v) is 7.13. The van der Waals surface area contributed by atoms with E-state index in [1.54, 1.807) is 38.3 Å². The molecule has 0 saturated carbocycles. The molecule has 0 saturated heterocycles. The number of hydrogen-bond donors (Lipinski definition) is 3. The molecule has 0 radical (unpaired) electrons. The quantitative estimate of drug-likeness (QED) is 0.608. The first kappa shape index (κ1) is 19.5. The van der Waals surface area contributed by atoms with Gasteiger partial charge in [0.1, 0.15) is 12.4 Å². The van der Waals surface area contributed by atoms with E-state index >= 15 is 0 Å². The summed E-state index contributed by atoms with van der Waals surface area (Å²) in [5, 5.41) is 2.39. The van der Waals surface area contributed by atoms with Crippen LogP contribution >= 0.6 is 0 Å². The van der Waals surface area contributed by atoms with Crippen LogP contribution in [-0.4, -0.2) is 34.8 Å². The molecule has 4 N–H and O–H groups in total. The van der Waals surface area contributed by atoms with Crippen LogP contribution in [0.1, 0.15) is 5.56 Å². The molecule has 2 aromatic rings. The lowest BCUT2D eigenvalue weighted by Gasteiger charge is -2.12. The summed E-state index contributed by atoms with van der Waals surface area (Å²) < 4.78 is 38.1. The summed E-state index contributed by atoms with van der Waals surface area (Å²) >= 11 is 0. The molecule has 0 heterocycles. The predicted molar refractivity (Wildman–Crippen MR) is 99.0 cm³/mol. The van der Waals surface area contributed by atoms with E-state index in [2.05, 4.69) is 10.0 Å². The topological polar surface area (TPSA) is 120 Å². The summed E-state index contributed by atoms with van der Waals surface area (Å²) in [5.41, 5.74) is 6.43. The number of aryl methyl sites for hydroxylation is 1. The Morgan fingerprint density at radius 1 is 1.12 bits per heavy atom. The number of carbonyl (C=O) groups excluding carboxylic acids is 1. The Balaban J connectivity index is 2.17. The zero-order valence-corrected chi connectivity index (χ0v) is 15.3. The third-order valence-corrected chi connectivity index (χ3v) is 4.76. The highest BCUT2D eigenvalue weighted by Crippen LogP contribution is 2.24. The van der Waals surface area contributed by atoms with Gasteiger partial charge in [0.25, 0.3) is 10.0 Å². The van der Waals surface area contributed by atoms with Gasteiger partial charge in [0.2, 0.25) is 0 Å². The molecule has 0 fully saturated rings. The van der Waals surface area contributed by atoms with Gasteiger partial charge >= 0.3 is 6.03 Å². The molecule has 140 valence electrons. The summed E-state index contributed by atoms with van der Waals surface area (Å²) in [7, 11) is -2.22. The second-order valence-electron chi connectivity index (χ2n) is 5.44. The first-order valence-corrected chi connectivity index (χ1v) is 9.22. The van der Waals surface area contributed by atoms with Crippen LogP contribution in [0.25, 0.3) is 0 Å². The van der Waals surface area contributed by atoms with E-state index in [1.165, 1.54) is 18.2 Å². The summed E-state index contributed by atoms with van der Waals surface area (Å²) in [5.74, 6) is 0.591. The number of rotatable bonds is 8. The lowest BCUT2D eigenvalue weighted by Crippen LogP contribution is -2.19. The molecule has 0 unspecified atom stereocenters. The van der Waals surface area contributed by atoms with Crippen molar-refractivity contribution in [1.29, 1.82) is 0 Å². The predicted octanol–water partition coefficient (Wildman–Crippen LogP) is 2.31. The molecule has 0 bridgehead atoms. The molecule has 0 aliphatic rings. The van der Waals surface area contributed by atoms with Crippen LogP contribution in [0, 0.1) is 6.92 Å². The van der Waals surface area contributed by atoms with Crippen LogP contribution in [0.4, 0.5) is 16.2 Å². The van der Waals surface area contributed by atoms with Gasteiger partial charge in [-0.1, -0.05) is 6.07 Å². The van der Waals surface area contributed by atoms with E-state index in [9.17, 15) is 13.2 Å². The largest absolute Gasteiger partial charge is 0.491 e. The van der Waals surface area contributed by atoms with E-state index in [-0.39, 0.29) is 4.90 Å². The van der Waals surface area contributed by atoms with Gasteiger partial charge in [-0.2, -0.15) is 0 Å². The molecule has 2 amide bonds. The molecule has 0 aliphatic heterocycles. The fraction of sp³-hybridized carbons (Fsp3) is 0.235.